The number of benzene rings is 2. The lowest BCUT2D eigenvalue weighted by Crippen LogP contribution is -2.40. The first-order valence-corrected chi connectivity index (χ1v) is 11.1. The Morgan fingerprint density at radius 3 is 2.38 bits per heavy atom. The van der Waals surface area contributed by atoms with Crippen LogP contribution in [0.3, 0.4) is 0 Å². The summed E-state index contributed by atoms with van der Waals surface area (Å²) >= 11 is 7.67. The van der Waals surface area contributed by atoms with E-state index >= 15 is 0 Å². The van der Waals surface area contributed by atoms with Crippen LogP contribution in [-0.4, -0.2) is 10.7 Å². The van der Waals surface area contributed by atoms with Crippen molar-refractivity contribution in [2.75, 3.05) is 5.75 Å². The van der Waals surface area contributed by atoms with Gasteiger partial charge in [-0.1, -0.05) is 60.7 Å². The molecule has 4 saturated carbocycles. The summed E-state index contributed by atoms with van der Waals surface area (Å²) in [7, 11) is 0. The van der Waals surface area contributed by atoms with Gasteiger partial charge < -0.3 is 5.73 Å². The smallest absolute Gasteiger partial charge is 0.0793 e. The molecule has 4 aliphatic rings. The van der Waals surface area contributed by atoms with Gasteiger partial charge in [-0.15, -0.1) is 11.8 Å². The van der Waals surface area contributed by atoms with Gasteiger partial charge >= 0.3 is 0 Å². The van der Waals surface area contributed by atoms with Gasteiger partial charge in [0.25, 0.3) is 0 Å². The van der Waals surface area contributed by atoms with Crippen LogP contribution in [0.2, 0.25) is 0 Å². The first-order valence-electron chi connectivity index (χ1n) is 9.66. The van der Waals surface area contributed by atoms with Crippen LogP contribution >= 0.6 is 24.0 Å². The van der Waals surface area contributed by atoms with E-state index < -0.39 is 0 Å². The Kier molecular flexibility index (Phi) is 3.95. The van der Waals surface area contributed by atoms with Crippen molar-refractivity contribution in [3.05, 3.63) is 66.2 Å². The lowest BCUT2D eigenvalue weighted by molar-refractivity contribution is 0.177. The highest BCUT2D eigenvalue weighted by Gasteiger charge is 2.68. The molecule has 6 rings (SSSR count). The van der Waals surface area contributed by atoms with Gasteiger partial charge in [0.2, 0.25) is 0 Å². The van der Waals surface area contributed by atoms with Crippen LogP contribution in [0.4, 0.5) is 0 Å². The van der Waals surface area contributed by atoms with Crippen LogP contribution in [0.1, 0.15) is 31.2 Å². The Balaban J connectivity index is 1.44. The number of hydrogen-bond acceptors (Lipinski definition) is 2. The number of rotatable bonds is 5. The molecule has 2 aromatic rings. The minimum atomic E-state index is 0.107. The van der Waals surface area contributed by atoms with Gasteiger partial charge in [0.15, 0.2) is 0 Å². The third kappa shape index (κ3) is 2.40. The molecule has 4 fully saturated rings. The van der Waals surface area contributed by atoms with Gasteiger partial charge in [0, 0.05) is 16.1 Å². The van der Waals surface area contributed by atoms with Crippen molar-refractivity contribution in [1.29, 1.82) is 0 Å². The molecule has 4 aliphatic carbocycles. The van der Waals surface area contributed by atoms with E-state index in [0.29, 0.717) is 11.3 Å². The molecule has 0 saturated heterocycles. The Morgan fingerprint density at radius 1 is 1.00 bits per heavy atom. The van der Waals surface area contributed by atoms with Gasteiger partial charge in [-0.05, 0) is 66.5 Å². The van der Waals surface area contributed by atoms with E-state index in [1.54, 1.807) is 0 Å². The quantitative estimate of drug-likeness (QED) is 0.553. The fourth-order valence-electron chi connectivity index (χ4n) is 6.50. The lowest BCUT2D eigenvalue weighted by Gasteiger charge is -2.43. The average molecular weight is 380 g/mol. The molecule has 4 bridgehead atoms. The van der Waals surface area contributed by atoms with E-state index in [1.165, 1.54) is 41.9 Å². The maximum absolute atomic E-state index is 6.39. The third-order valence-corrected chi connectivity index (χ3v) is 9.00. The summed E-state index contributed by atoms with van der Waals surface area (Å²) in [5, 5.41) is 0. The maximum Gasteiger partial charge on any atom is 0.0793 e. The van der Waals surface area contributed by atoms with Crippen molar-refractivity contribution in [2.24, 2.45) is 28.9 Å². The summed E-state index contributed by atoms with van der Waals surface area (Å²) in [6.07, 6.45) is 4.98. The second-order valence-electron chi connectivity index (χ2n) is 8.61. The zero-order valence-corrected chi connectivity index (χ0v) is 16.6. The molecular formula is C23H25NS2. The number of hydrogen-bond donors (Lipinski definition) is 1. The number of thiocarbonyl (C=S) groups is 1. The monoisotopic (exact) mass is 379 g/mol. The van der Waals surface area contributed by atoms with Gasteiger partial charge in [-0.2, -0.15) is 0 Å². The molecule has 2 N–H and O–H groups in total. The molecule has 0 radical (unpaired) electrons. The summed E-state index contributed by atoms with van der Waals surface area (Å²) in [4.78, 5) is 2.17. The van der Waals surface area contributed by atoms with E-state index in [2.05, 4.69) is 60.7 Å². The van der Waals surface area contributed by atoms with E-state index in [-0.39, 0.29) is 5.41 Å². The highest BCUT2D eigenvalue weighted by Crippen LogP contribution is 2.73. The van der Waals surface area contributed by atoms with Crippen molar-refractivity contribution in [3.8, 4) is 0 Å². The summed E-state index contributed by atoms with van der Waals surface area (Å²) in [5.74, 6) is 3.38. The van der Waals surface area contributed by atoms with Gasteiger partial charge in [0.05, 0.1) is 4.99 Å². The molecule has 0 spiro atoms. The Hall–Kier alpha value is -1.32. The summed E-state index contributed by atoms with van der Waals surface area (Å²) in [5.41, 5.74) is 8.32. The second kappa shape index (κ2) is 6.10. The van der Waals surface area contributed by atoms with Crippen LogP contribution in [0, 0.1) is 23.2 Å². The van der Waals surface area contributed by atoms with E-state index in [1.807, 2.05) is 11.8 Å². The van der Waals surface area contributed by atoms with E-state index in [9.17, 15) is 0 Å². The van der Waals surface area contributed by atoms with Crippen LogP contribution in [0.25, 0.3) is 0 Å². The third-order valence-electron chi connectivity index (χ3n) is 7.44. The molecule has 0 heterocycles. The van der Waals surface area contributed by atoms with Gasteiger partial charge in [0.1, 0.15) is 0 Å². The molecular weight excluding hydrogens is 354 g/mol. The molecule has 5 unspecified atom stereocenters. The topological polar surface area (TPSA) is 26.0 Å². The lowest BCUT2D eigenvalue weighted by atomic mass is 9.62. The normalized spacial score (nSPS) is 37.2. The molecule has 5 atom stereocenters. The average Bonchev–Trinajstić information content (AvgIpc) is 3.05. The van der Waals surface area contributed by atoms with Crippen LogP contribution < -0.4 is 5.73 Å². The molecule has 3 heteroatoms. The van der Waals surface area contributed by atoms with E-state index in [0.717, 1.165) is 16.8 Å². The SMILES string of the molecule is NC(=S)C12CC3CC(c4ccccc4)(CC1C3CSc1ccccc1)C2. The van der Waals surface area contributed by atoms with Crippen LogP contribution in [-0.2, 0) is 5.41 Å². The zero-order chi connectivity index (χ0) is 17.8. The highest BCUT2D eigenvalue weighted by atomic mass is 32.2. The zero-order valence-electron chi connectivity index (χ0n) is 14.9. The van der Waals surface area contributed by atoms with Crippen molar-refractivity contribution >= 4 is 29.0 Å². The summed E-state index contributed by atoms with van der Waals surface area (Å²) in [6, 6.07) is 22.0. The minimum Gasteiger partial charge on any atom is -0.393 e. The number of nitrogens with two attached hydrogens (primary N) is 1. The Morgan fingerprint density at radius 2 is 1.69 bits per heavy atom. The molecule has 0 amide bonds. The molecule has 0 aliphatic heterocycles. The molecule has 2 aromatic carbocycles. The first kappa shape index (κ1) is 16.8. The van der Waals surface area contributed by atoms with Gasteiger partial charge in [-0.3, -0.25) is 0 Å². The molecule has 0 aromatic heterocycles. The first-order chi connectivity index (χ1) is 12.6. The molecule has 134 valence electrons. The fourth-order valence-corrected chi connectivity index (χ4v) is 8.04. The standard InChI is InChI=1S/C23H25NS2/c24-21(25)23-12-16-11-22(15-23,17-7-3-1-4-8-17)13-20(23)19(16)14-26-18-9-5-2-6-10-18/h1-10,16,19-20H,11-15H2,(H2,24,25). The fraction of sp³-hybridized carbons (Fsp3) is 0.435. The Labute approximate surface area is 165 Å². The van der Waals surface area contributed by atoms with Gasteiger partial charge in [-0.25, -0.2) is 0 Å². The van der Waals surface area contributed by atoms with Crippen molar-refractivity contribution in [1.82, 2.24) is 0 Å². The predicted molar refractivity (Wildman–Crippen MR) is 113 cm³/mol. The molecule has 26 heavy (non-hydrogen) atoms. The van der Waals surface area contributed by atoms with Crippen LogP contribution in [0.15, 0.2) is 65.6 Å². The number of thioether (sulfide) groups is 1. The second-order valence-corrected chi connectivity index (χ2v) is 10.1. The maximum atomic E-state index is 6.39. The summed E-state index contributed by atoms with van der Waals surface area (Å²) < 4.78 is 0. The van der Waals surface area contributed by atoms with Crippen molar-refractivity contribution in [3.63, 3.8) is 0 Å². The highest BCUT2D eigenvalue weighted by molar-refractivity contribution is 7.99. The predicted octanol–water partition coefficient (Wildman–Crippen LogP) is 5.44. The largest absolute Gasteiger partial charge is 0.393 e. The summed E-state index contributed by atoms with van der Waals surface area (Å²) in [6.45, 7) is 0. The Bertz CT molecular complexity index is 821. The minimum absolute atomic E-state index is 0.107. The van der Waals surface area contributed by atoms with Crippen LogP contribution in [0.5, 0.6) is 0 Å². The van der Waals surface area contributed by atoms with Crippen molar-refractivity contribution < 1.29 is 0 Å². The molecule has 1 nitrogen and oxygen atoms in total. The van der Waals surface area contributed by atoms with Crippen molar-refractivity contribution in [2.45, 2.75) is 36.0 Å². The van der Waals surface area contributed by atoms with E-state index in [4.69, 9.17) is 18.0 Å².